The summed E-state index contributed by atoms with van der Waals surface area (Å²) >= 11 is 5.86. The Morgan fingerprint density at radius 3 is 2.65 bits per heavy atom. The van der Waals surface area contributed by atoms with E-state index in [1.807, 2.05) is 24.3 Å². The van der Waals surface area contributed by atoms with Crippen LogP contribution in [0.3, 0.4) is 0 Å². The summed E-state index contributed by atoms with van der Waals surface area (Å²) in [5.74, 6) is 0. The van der Waals surface area contributed by atoms with E-state index in [0.29, 0.717) is 18.0 Å². The van der Waals surface area contributed by atoms with Gasteiger partial charge in [0.1, 0.15) is 6.10 Å². The van der Waals surface area contributed by atoms with E-state index < -0.39 is 6.10 Å². The molecular formula is C15H21ClN2O2. The van der Waals surface area contributed by atoms with Crippen LogP contribution in [0.1, 0.15) is 32.8 Å². The van der Waals surface area contributed by atoms with E-state index in [0.717, 1.165) is 11.3 Å². The third kappa shape index (κ3) is 4.20. The number of halogens is 1. The highest BCUT2D eigenvalue weighted by molar-refractivity contribution is 6.30. The highest BCUT2D eigenvalue weighted by atomic mass is 35.5. The van der Waals surface area contributed by atoms with Crippen molar-refractivity contribution in [2.24, 2.45) is 5.16 Å². The number of nitrogens with one attached hydrogen (secondary N) is 1. The number of nitrogens with zero attached hydrogens (tertiary/aromatic N) is 1. The molecule has 20 heavy (non-hydrogen) atoms. The van der Waals surface area contributed by atoms with Crippen LogP contribution in [0.5, 0.6) is 0 Å². The fraction of sp³-hybridized carbons (Fsp3) is 0.533. The first kappa shape index (κ1) is 15.3. The predicted octanol–water partition coefficient (Wildman–Crippen LogP) is 2.58. The SMILES string of the molecule is CC(C)(C)NCC(O)C1CC(c2ccc(Cl)cc2)=NO1. The van der Waals surface area contributed by atoms with E-state index in [1.54, 1.807) is 0 Å². The molecule has 0 saturated heterocycles. The second-order valence-corrected chi connectivity index (χ2v) is 6.53. The lowest BCUT2D eigenvalue weighted by Gasteiger charge is -2.24. The summed E-state index contributed by atoms with van der Waals surface area (Å²) in [5, 5.41) is 18.2. The molecule has 0 radical (unpaired) electrons. The van der Waals surface area contributed by atoms with Crippen LogP contribution in [-0.4, -0.2) is 35.1 Å². The summed E-state index contributed by atoms with van der Waals surface area (Å²) in [4.78, 5) is 5.34. The van der Waals surface area contributed by atoms with Crippen LogP contribution in [0.2, 0.25) is 5.02 Å². The second-order valence-electron chi connectivity index (χ2n) is 6.09. The van der Waals surface area contributed by atoms with E-state index in [2.05, 4.69) is 31.2 Å². The van der Waals surface area contributed by atoms with Gasteiger partial charge in [0.2, 0.25) is 0 Å². The molecule has 0 bridgehead atoms. The molecule has 1 aliphatic rings. The number of aliphatic hydroxyl groups excluding tert-OH is 1. The van der Waals surface area contributed by atoms with Gasteiger partial charge in [0.05, 0.1) is 5.71 Å². The summed E-state index contributed by atoms with van der Waals surface area (Å²) in [7, 11) is 0. The van der Waals surface area contributed by atoms with Crippen molar-refractivity contribution in [3.8, 4) is 0 Å². The maximum absolute atomic E-state index is 10.1. The largest absolute Gasteiger partial charge is 0.389 e. The Bertz CT molecular complexity index is 480. The van der Waals surface area contributed by atoms with Gasteiger partial charge < -0.3 is 15.3 Å². The minimum Gasteiger partial charge on any atom is -0.389 e. The van der Waals surface area contributed by atoms with Crippen LogP contribution < -0.4 is 5.32 Å². The molecule has 0 spiro atoms. The predicted molar refractivity (Wildman–Crippen MR) is 81.2 cm³/mol. The Hall–Kier alpha value is -1.10. The summed E-state index contributed by atoms with van der Waals surface area (Å²) < 4.78 is 0. The van der Waals surface area contributed by atoms with Gasteiger partial charge in [0.15, 0.2) is 6.10 Å². The van der Waals surface area contributed by atoms with Crippen molar-refractivity contribution in [2.45, 2.75) is 44.9 Å². The molecule has 2 rings (SSSR count). The molecule has 1 heterocycles. The Morgan fingerprint density at radius 1 is 1.40 bits per heavy atom. The zero-order valence-corrected chi connectivity index (χ0v) is 12.8. The Labute approximate surface area is 124 Å². The quantitative estimate of drug-likeness (QED) is 0.898. The fourth-order valence-electron chi connectivity index (χ4n) is 1.96. The van der Waals surface area contributed by atoms with Crippen LogP contribution in [0.15, 0.2) is 29.4 Å². The highest BCUT2D eigenvalue weighted by Gasteiger charge is 2.29. The van der Waals surface area contributed by atoms with Crippen molar-refractivity contribution >= 4 is 17.3 Å². The van der Waals surface area contributed by atoms with Crippen LogP contribution in [-0.2, 0) is 4.84 Å². The lowest BCUT2D eigenvalue weighted by molar-refractivity contribution is -0.0181. The van der Waals surface area contributed by atoms with Gasteiger partial charge in [0, 0.05) is 23.5 Å². The third-order valence-corrected chi connectivity index (χ3v) is 3.39. The minimum absolute atomic E-state index is 0.0283. The molecule has 1 aliphatic heterocycles. The average molecular weight is 297 g/mol. The maximum Gasteiger partial charge on any atom is 0.160 e. The summed E-state index contributed by atoms with van der Waals surface area (Å²) in [5.41, 5.74) is 1.80. The standard InChI is InChI=1S/C15H21ClN2O2/c1-15(2,3)17-9-13(19)14-8-12(18-20-14)10-4-6-11(16)7-5-10/h4-7,13-14,17,19H,8-9H2,1-3H3. The fourth-order valence-corrected chi connectivity index (χ4v) is 2.08. The first-order chi connectivity index (χ1) is 9.35. The Kier molecular flexibility index (Phi) is 4.68. The minimum atomic E-state index is -0.581. The normalized spacial score (nSPS) is 20.4. The monoisotopic (exact) mass is 296 g/mol. The van der Waals surface area contributed by atoms with Gasteiger partial charge in [-0.05, 0) is 38.5 Å². The molecule has 5 heteroatoms. The zero-order valence-electron chi connectivity index (χ0n) is 12.1. The number of hydrogen-bond donors (Lipinski definition) is 2. The molecule has 2 atom stereocenters. The van der Waals surface area contributed by atoms with Crippen molar-refractivity contribution in [3.05, 3.63) is 34.9 Å². The highest BCUT2D eigenvalue weighted by Crippen LogP contribution is 2.20. The van der Waals surface area contributed by atoms with Crippen molar-refractivity contribution in [3.63, 3.8) is 0 Å². The van der Waals surface area contributed by atoms with Crippen LogP contribution >= 0.6 is 11.6 Å². The van der Waals surface area contributed by atoms with E-state index in [1.165, 1.54) is 0 Å². The molecule has 4 nitrogen and oxygen atoms in total. The van der Waals surface area contributed by atoms with E-state index in [-0.39, 0.29) is 11.6 Å². The van der Waals surface area contributed by atoms with Gasteiger partial charge >= 0.3 is 0 Å². The Morgan fingerprint density at radius 2 is 2.05 bits per heavy atom. The topological polar surface area (TPSA) is 53.8 Å². The number of rotatable bonds is 4. The molecule has 110 valence electrons. The number of oxime groups is 1. The van der Waals surface area contributed by atoms with E-state index in [9.17, 15) is 5.11 Å². The van der Waals surface area contributed by atoms with Crippen LogP contribution in [0.25, 0.3) is 0 Å². The molecular weight excluding hydrogens is 276 g/mol. The lowest BCUT2D eigenvalue weighted by atomic mass is 10.0. The number of benzene rings is 1. The Balaban J connectivity index is 1.89. The lowest BCUT2D eigenvalue weighted by Crippen LogP contribution is -2.44. The second kappa shape index (κ2) is 6.12. The van der Waals surface area contributed by atoms with Gasteiger partial charge in [-0.3, -0.25) is 0 Å². The first-order valence-electron chi connectivity index (χ1n) is 6.77. The summed E-state index contributed by atoms with van der Waals surface area (Å²) in [6.07, 6.45) is -0.271. The molecule has 0 aromatic heterocycles. The molecule has 2 unspecified atom stereocenters. The molecule has 0 fully saturated rings. The smallest absolute Gasteiger partial charge is 0.160 e. The number of hydrogen-bond acceptors (Lipinski definition) is 4. The van der Waals surface area contributed by atoms with Crippen molar-refractivity contribution < 1.29 is 9.94 Å². The third-order valence-electron chi connectivity index (χ3n) is 3.14. The van der Waals surface area contributed by atoms with E-state index >= 15 is 0 Å². The van der Waals surface area contributed by atoms with Crippen LogP contribution in [0.4, 0.5) is 0 Å². The van der Waals surface area contributed by atoms with Gasteiger partial charge in [-0.1, -0.05) is 28.9 Å². The zero-order chi connectivity index (χ0) is 14.8. The number of aliphatic hydroxyl groups is 1. The maximum atomic E-state index is 10.1. The van der Waals surface area contributed by atoms with Gasteiger partial charge in [-0.2, -0.15) is 0 Å². The molecule has 0 amide bonds. The van der Waals surface area contributed by atoms with Crippen LogP contribution in [0, 0.1) is 0 Å². The van der Waals surface area contributed by atoms with Gasteiger partial charge in [0.25, 0.3) is 0 Å². The summed E-state index contributed by atoms with van der Waals surface area (Å²) in [6, 6.07) is 7.47. The van der Waals surface area contributed by atoms with Gasteiger partial charge in [-0.15, -0.1) is 0 Å². The van der Waals surface area contributed by atoms with E-state index in [4.69, 9.17) is 16.4 Å². The van der Waals surface area contributed by atoms with Crippen molar-refractivity contribution in [1.29, 1.82) is 0 Å². The molecule has 1 aromatic rings. The molecule has 2 N–H and O–H groups in total. The molecule has 0 aliphatic carbocycles. The molecule has 1 aromatic carbocycles. The summed E-state index contributed by atoms with van der Waals surface area (Å²) in [6.45, 7) is 6.66. The first-order valence-corrected chi connectivity index (χ1v) is 7.15. The average Bonchev–Trinajstić information content (AvgIpc) is 2.85. The van der Waals surface area contributed by atoms with Crippen molar-refractivity contribution in [1.82, 2.24) is 5.32 Å². The molecule has 0 saturated carbocycles. The van der Waals surface area contributed by atoms with Gasteiger partial charge in [-0.25, -0.2) is 0 Å². The van der Waals surface area contributed by atoms with Crippen molar-refractivity contribution in [2.75, 3.05) is 6.54 Å². The number of β-amino-alcohol motifs (C(OH)–C–C–N with tert-alkyl or cyclic N) is 1.